The summed E-state index contributed by atoms with van der Waals surface area (Å²) in [6.07, 6.45) is 0. The minimum Gasteiger partial charge on any atom is -0.497 e. The number of hydrogen-bond acceptors (Lipinski definition) is 5. The monoisotopic (exact) mass is 355 g/mol. The standard InChI is InChI=1S/C18H17N3O3S/c1-11-3-5-12(6-4-11)17(23)19-10-16(22)21-18-20-14-8-7-13(24-2)9-15(14)25-18/h3-9H,10H2,1-2H3,(H,19,23)(H,20,21,22). The van der Waals surface area contributed by atoms with Crippen molar-refractivity contribution < 1.29 is 14.3 Å². The van der Waals surface area contributed by atoms with Crippen molar-refractivity contribution in [2.24, 2.45) is 0 Å². The van der Waals surface area contributed by atoms with Crippen LogP contribution < -0.4 is 15.4 Å². The zero-order valence-electron chi connectivity index (χ0n) is 13.8. The minimum atomic E-state index is -0.327. The smallest absolute Gasteiger partial charge is 0.251 e. The fourth-order valence-corrected chi connectivity index (χ4v) is 3.13. The Bertz CT molecular complexity index is 919. The molecule has 1 aromatic heterocycles. The van der Waals surface area contributed by atoms with E-state index in [0.29, 0.717) is 10.7 Å². The summed E-state index contributed by atoms with van der Waals surface area (Å²) in [7, 11) is 1.60. The number of nitrogens with zero attached hydrogens (tertiary/aromatic N) is 1. The first-order valence-corrected chi connectivity index (χ1v) is 8.46. The van der Waals surface area contributed by atoms with Crippen molar-refractivity contribution in [1.82, 2.24) is 10.3 Å². The lowest BCUT2D eigenvalue weighted by Gasteiger charge is -2.05. The Balaban J connectivity index is 1.58. The Morgan fingerprint density at radius 1 is 1.16 bits per heavy atom. The van der Waals surface area contributed by atoms with Crippen LogP contribution in [-0.4, -0.2) is 30.5 Å². The summed E-state index contributed by atoms with van der Waals surface area (Å²) in [5.74, 6) is 0.120. The number of rotatable bonds is 5. The van der Waals surface area contributed by atoms with E-state index in [1.807, 2.05) is 37.3 Å². The summed E-state index contributed by atoms with van der Waals surface area (Å²) in [4.78, 5) is 28.4. The molecule has 0 bridgehead atoms. The molecule has 0 aliphatic rings. The number of aryl methyl sites for hydroxylation is 1. The number of carbonyl (C=O) groups is 2. The summed E-state index contributed by atoms with van der Waals surface area (Å²) >= 11 is 1.35. The molecule has 6 nitrogen and oxygen atoms in total. The molecule has 0 saturated heterocycles. The second kappa shape index (κ2) is 7.31. The molecule has 0 aliphatic heterocycles. The first-order chi connectivity index (χ1) is 12.0. The number of aromatic nitrogens is 1. The molecule has 0 fully saturated rings. The van der Waals surface area contributed by atoms with Crippen LogP contribution in [0.25, 0.3) is 10.2 Å². The van der Waals surface area contributed by atoms with Crippen molar-refractivity contribution >= 4 is 38.5 Å². The van der Waals surface area contributed by atoms with Crippen LogP contribution >= 0.6 is 11.3 Å². The van der Waals surface area contributed by atoms with E-state index in [-0.39, 0.29) is 18.4 Å². The molecule has 3 aromatic rings. The van der Waals surface area contributed by atoms with E-state index in [1.165, 1.54) is 11.3 Å². The molecule has 0 atom stereocenters. The van der Waals surface area contributed by atoms with Gasteiger partial charge < -0.3 is 15.4 Å². The third-order valence-corrected chi connectivity index (χ3v) is 4.50. The largest absolute Gasteiger partial charge is 0.497 e. The van der Waals surface area contributed by atoms with Gasteiger partial charge in [-0.2, -0.15) is 0 Å². The molecule has 0 saturated carbocycles. The second-order valence-corrected chi connectivity index (χ2v) is 6.48. The van der Waals surface area contributed by atoms with Gasteiger partial charge in [0.15, 0.2) is 5.13 Å². The van der Waals surface area contributed by atoms with Crippen molar-refractivity contribution in [3.05, 3.63) is 53.6 Å². The predicted octanol–water partition coefficient (Wildman–Crippen LogP) is 2.98. The Labute approximate surface area is 148 Å². The Hall–Kier alpha value is -2.93. The summed E-state index contributed by atoms with van der Waals surface area (Å²) in [6.45, 7) is 1.83. The van der Waals surface area contributed by atoms with Gasteiger partial charge >= 0.3 is 0 Å². The molecular weight excluding hydrogens is 338 g/mol. The molecule has 0 radical (unpaired) electrons. The van der Waals surface area contributed by atoms with E-state index < -0.39 is 0 Å². The van der Waals surface area contributed by atoms with E-state index in [4.69, 9.17) is 4.74 Å². The van der Waals surface area contributed by atoms with Gasteiger partial charge in [-0.25, -0.2) is 4.98 Å². The van der Waals surface area contributed by atoms with Crippen molar-refractivity contribution in [2.45, 2.75) is 6.92 Å². The maximum absolute atomic E-state index is 12.0. The number of thiazole rings is 1. The van der Waals surface area contributed by atoms with Gasteiger partial charge in [-0.1, -0.05) is 29.0 Å². The van der Waals surface area contributed by atoms with Gasteiger partial charge in [0.2, 0.25) is 5.91 Å². The van der Waals surface area contributed by atoms with Gasteiger partial charge in [0.05, 0.1) is 23.9 Å². The molecule has 0 unspecified atom stereocenters. The molecule has 1 heterocycles. The summed E-state index contributed by atoms with van der Waals surface area (Å²) in [6, 6.07) is 12.7. The lowest BCUT2D eigenvalue weighted by Crippen LogP contribution is -2.32. The van der Waals surface area contributed by atoms with Crippen LogP contribution in [0.1, 0.15) is 15.9 Å². The van der Waals surface area contributed by atoms with E-state index >= 15 is 0 Å². The van der Waals surface area contributed by atoms with Gasteiger partial charge in [-0.3, -0.25) is 9.59 Å². The number of benzene rings is 2. The highest BCUT2D eigenvalue weighted by Gasteiger charge is 2.11. The molecule has 0 aliphatic carbocycles. The van der Waals surface area contributed by atoms with Crippen LogP contribution in [0, 0.1) is 6.92 Å². The van der Waals surface area contributed by atoms with Crippen LogP contribution in [0.15, 0.2) is 42.5 Å². The van der Waals surface area contributed by atoms with Crippen LogP contribution in [0.2, 0.25) is 0 Å². The maximum atomic E-state index is 12.0. The van der Waals surface area contributed by atoms with Gasteiger partial charge in [-0.15, -0.1) is 0 Å². The highest BCUT2D eigenvalue weighted by atomic mass is 32.1. The zero-order valence-corrected chi connectivity index (χ0v) is 14.6. The Morgan fingerprint density at radius 3 is 2.64 bits per heavy atom. The van der Waals surface area contributed by atoms with Gasteiger partial charge in [0, 0.05) is 5.56 Å². The molecule has 0 spiro atoms. The lowest BCUT2D eigenvalue weighted by molar-refractivity contribution is -0.115. The molecule has 2 N–H and O–H groups in total. The average Bonchev–Trinajstić information content (AvgIpc) is 3.01. The fraction of sp³-hybridized carbons (Fsp3) is 0.167. The third kappa shape index (κ3) is 4.13. The quantitative estimate of drug-likeness (QED) is 0.737. The molecule has 2 aromatic carbocycles. The molecular formula is C18H17N3O3S. The van der Waals surface area contributed by atoms with Crippen LogP contribution in [0.5, 0.6) is 5.75 Å². The van der Waals surface area contributed by atoms with Crippen molar-refractivity contribution in [3.8, 4) is 5.75 Å². The molecule has 7 heteroatoms. The van der Waals surface area contributed by atoms with Crippen molar-refractivity contribution in [3.63, 3.8) is 0 Å². The van der Waals surface area contributed by atoms with E-state index in [0.717, 1.165) is 21.5 Å². The summed E-state index contributed by atoms with van der Waals surface area (Å²) < 4.78 is 6.09. The third-order valence-electron chi connectivity index (χ3n) is 3.57. The lowest BCUT2D eigenvalue weighted by atomic mass is 10.1. The maximum Gasteiger partial charge on any atom is 0.251 e. The van der Waals surface area contributed by atoms with Crippen molar-refractivity contribution in [1.29, 1.82) is 0 Å². The van der Waals surface area contributed by atoms with E-state index in [2.05, 4.69) is 15.6 Å². The number of hydrogen-bond donors (Lipinski definition) is 2. The van der Waals surface area contributed by atoms with E-state index in [9.17, 15) is 9.59 Å². The number of fused-ring (bicyclic) bond motifs is 1. The van der Waals surface area contributed by atoms with Crippen LogP contribution in [0.3, 0.4) is 0 Å². The Kier molecular flexibility index (Phi) is 4.95. The molecule has 3 rings (SSSR count). The Morgan fingerprint density at radius 2 is 1.92 bits per heavy atom. The average molecular weight is 355 g/mol. The topological polar surface area (TPSA) is 80.3 Å². The first-order valence-electron chi connectivity index (χ1n) is 7.64. The predicted molar refractivity (Wildman–Crippen MR) is 98.3 cm³/mol. The number of methoxy groups -OCH3 is 1. The molecule has 128 valence electrons. The molecule has 2 amide bonds. The highest BCUT2D eigenvalue weighted by Crippen LogP contribution is 2.28. The summed E-state index contributed by atoms with van der Waals surface area (Å²) in [5.41, 5.74) is 2.37. The number of ether oxygens (including phenoxy) is 1. The summed E-state index contributed by atoms with van der Waals surface area (Å²) in [5, 5.41) is 5.78. The van der Waals surface area contributed by atoms with Gasteiger partial charge in [-0.05, 0) is 37.3 Å². The normalized spacial score (nSPS) is 10.5. The SMILES string of the molecule is COc1ccc2nc(NC(=O)CNC(=O)c3ccc(C)cc3)sc2c1. The van der Waals surface area contributed by atoms with Crippen LogP contribution in [-0.2, 0) is 4.79 Å². The first kappa shape index (κ1) is 16.9. The minimum absolute atomic E-state index is 0.119. The van der Waals surface area contributed by atoms with Gasteiger partial charge in [0.1, 0.15) is 5.75 Å². The number of amides is 2. The van der Waals surface area contributed by atoms with E-state index in [1.54, 1.807) is 19.2 Å². The number of anilines is 1. The fourth-order valence-electron chi connectivity index (χ4n) is 2.22. The second-order valence-electron chi connectivity index (χ2n) is 5.45. The zero-order chi connectivity index (χ0) is 17.8. The van der Waals surface area contributed by atoms with Crippen LogP contribution in [0.4, 0.5) is 5.13 Å². The van der Waals surface area contributed by atoms with Gasteiger partial charge in [0.25, 0.3) is 5.91 Å². The number of carbonyl (C=O) groups excluding carboxylic acids is 2. The number of nitrogens with one attached hydrogen (secondary N) is 2. The molecule has 25 heavy (non-hydrogen) atoms. The van der Waals surface area contributed by atoms with Crippen molar-refractivity contribution in [2.75, 3.05) is 19.0 Å². The highest BCUT2D eigenvalue weighted by molar-refractivity contribution is 7.22.